The molecule has 1 aromatic heterocycles. The lowest BCUT2D eigenvalue weighted by Crippen LogP contribution is -2.31. The number of rotatable bonds is 1. The van der Waals surface area contributed by atoms with Crippen LogP contribution in [0.1, 0.15) is 17.3 Å². The van der Waals surface area contributed by atoms with Crippen molar-refractivity contribution >= 4 is 22.5 Å². The van der Waals surface area contributed by atoms with E-state index in [1.54, 1.807) is 0 Å². The second-order valence-electron chi connectivity index (χ2n) is 4.12. The maximum absolute atomic E-state index is 9.32. The molecule has 2 aromatic rings. The summed E-state index contributed by atoms with van der Waals surface area (Å²) in [5, 5.41) is 14.5. The Morgan fingerprint density at radius 2 is 2.31 bits per heavy atom. The first-order valence-electron chi connectivity index (χ1n) is 5.44. The molecule has 1 unspecified atom stereocenters. The van der Waals surface area contributed by atoms with E-state index in [-0.39, 0.29) is 12.6 Å². The van der Waals surface area contributed by atoms with E-state index in [1.165, 1.54) is 10.9 Å². The monoisotopic (exact) mass is 236 g/mol. The Labute approximate surface area is 98.4 Å². The van der Waals surface area contributed by atoms with Gasteiger partial charge in [0.15, 0.2) is 0 Å². The van der Waals surface area contributed by atoms with E-state index >= 15 is 0 Å². The summed E-state index contributed by atoms with van der Waals surface area (Å²) in [6, 6.07) is 5.94. The molecule has 1 aliphatic rings. The van der Waals surface area contributed by atoms with E-state index in [0.29, 0.717) is 0 Å². The minimum absolute atomic E-state index is 0.00668. The second-order valence-corrected chi connectivity index (χ2v) is 4.53. The van der Waals surface area contributed by atoms with Crippen LogP contribution in [0.3, 0.4) is 0 Å². The average molecular weight is 237 g/mol. The summed E-state index contributed by atoms with van der Waals surface area (Å²) in [6.07, 6.45) is 0.978. The number of aliphatic hydroxyl groups is 1. The Balaban J connectivity index is 2.28. The zero-order valence-electron chi connectivity index (χ0n) is 8.76. The lowest BCUT2D eigenvalue weighted by Gasteiger charge is -2.22. The summed E-state index contributed by atoms with van der Waals surface area (Å²) < 4.78 is 0. The van der Waals surface area contributed by atoms with Gasteiger partial charge in [-0.15, -0.1) is 0 Å². The van der Waals surface area contributed by atoms with Gasteiger partial charge in [-0.3, -0.25) is 0 Å². The fraction of sp³-hybridized carbons (Fsp3) is 0.333. The molecule has 0 fully saturated rings. The van der Waals surface area contributed by atoms with E-state index in [2.05, 4.69) is 16.4 Å². The molecule has 4 heteroatoms. The highest BCUT2D eigenvalue weighted by Gasteiger charge is 2.23. The largest absolute Gasteiger partial charge is 0.394 e. The summed E-state index contributed by atoms with van der Waals surface area (Å²) in [4.78, 5) is 3.33. The van der Waals surface area contributed by atoms with Gasteiger partial charge in [-0.25, -0.2) is 0 Å². The van der Waals surface area contributed by atoms with Crippen LogP contribution < -0.4 is 5.32 Å². The predicted octanol–water partition coefficient (Wildman–Crippen LogP) is 2.00. The fourth-order valence-electron chi connectivity index (χ4n) is 2.45. The van der Waals surface area contributed by atoms with E-state index in [0.717, 1.165) is 29.2 Å². The average Bonchev–Trinajstić information content (AvgIpc) is 2.69. The molecule has 2 heterocycles. The van der Waals surface area contributed by atoms with Gasteiger partial charge >= 0.3 is 0 Å². The number of aromatic amines is 1. The van der Waals surface area contributed by atoms with Crippen LogP contribution in [0.5, 0.6) is 0 Å². The summed E-state index contributed by atoms with van der Waals surface area (Å²) in [7, 11) is 0. The third-order valence-electron chi connectivity index (χ3n) is 3.22. The number of hydrogen-bond acceptors (Lipinski definition) is 2. The zero-order valence-corrected chi connectivity index (χ0v) is 9.51. The molecule has 1 aromatic carbocycles. The van der Waals surface area contributed by atoms with E-state index < -0.39 is 0 Å². The number of fused-ring (bicyclic) bond motifs is 3. The lowest BCUT2D eigenvalue weighted by atomic mass is 10.00. The van der Waals surface area contributed by atoms with Gasteiger partial charge in [0, 0.05) is 11.1 Å². The van der Waals surface area contributed by atoms with Gasteiger partial charge in [-0.2, -0.15) is 0 Å². The Morgan fingerprint density at radius 3 is 3.12 bits per heavy atom. The van der Waals surface area contributed by atoms with Gasteiger partial charge < -0.3 is 15.4 Å². The van der Waals surface area contributed by atoms with Crippen LogP contribution in [-0.4, -0.2) is 23.2 Å². The van der Waals surface area contributed by atoms with Gasteiger partial charge in [0.1, 0.15) is 0 Å². The van der Waals surface area contributed by atoms with Crippen molar-refractivity contribution in [1.82, 2.24) is 10.3 Å². The van der Waals surface area contributed by atoms with Crippen molar-refractivity contribution in [2.75, 3.05) is 13.2 Å². The molecule has 3 rings (SSSR count). The highest BCUT2D eigenvalue weighted by atomic mass is 35.5. The number of para-hydroxylation sites is 1. The minimum Gasteiger partial charge on any atom is -0.394 e. The molecule has 0 radical (unpaired) electrons. The molecule has 3 N–H and O–H groups in total. The number of aromatic nitrogens is 1. The highest BCUT2D eigenvalue weighted by Crippen LogP contribution is 2.32. The first kappa shape index (κ1) is 10.1. The normalized spacial score (nSPS) is 20.0. The Kier molecular flexibility index (Phi) is 2.39. The van der Waals surface area contributed by atoms with E-state index in [4.69, 9.17) is 11.6 Å². The zero-order chi connectivity index (χ0) is 11.1. The quantitative estimate of drug-likeness (QED) is 0.709. The molecule has 84 valence electrons. The third-order valence-corrected chi connectivity index (χ3v) is 3.54. The summed E-state index contributed by atoms with van der Waals surface area (Å²) in [5.41, 5.74) is 3.35. The first-order valence-corrected chi connectivity index (χ1v) is 5.82. The molecular weight excluding hydrogens is 224 g/mol. The maximum atomic E-state index is 9.32. The van der Waals surface area contributed by atoms with Crippen molar-refractivity contribution in [3.63, 3.8) is 0 Å². The smallest absolute Gasteiger partial charge is 0.0710 e. The van der Waals surface area contributed by atoms with Crippen LogP contribution in [0.4, 0.5) is 0 Å². The molecule has 3 nitrogen and oxygen atoms in total. The molecule has 16 heavy (non-hydrogen) atoms. The molecular formula is C12H13ClN2O. The van der Waals surface area contributed by atoms with Crippen LogP contribution in [0.15, 0.2) is 18.2 Å². The number of hydrogen-bond donors (Lipinski definition) is 3. The summed E-state index contributed by atoms with van der Waals surface area (Å²) in [5.74, 6) is 0. The number of nitrogens with one attached hydrogen (secondary N) is 2. The fourth-order valence-corrected chi connectivity index (χ4v) is 2.68. The van der Waals surface area contributed by atoms with Crippen LogP contribution in [-0.2, 0) is 6.42 Å². The molecule has 0 amide bonds. The van der Waals surface area contributed by atoms with Gasteiger partial charge in [-0.1, -0.05) is 23.7 Å². The third kappa shape index (κ3) is 1.36. The van der Waals surface area contributed by atoms with Crippen LogP contribution in [0, 0.1) is 0 Å². The van der Waals surface area contributed by atoms with Crippen molar-refractivity contribution in [2.45, 2.75) is 12.5 Å². The number of benzene rings is 1. The van der Waals surface area contributed by atoms with Crippen LogP contribution >= 0.6 is 11.6 Å². The molecule has 0 spiro atoms. The number of aliphatic hydroxyl groups excluding tert-OH is 1. The van der Waals surface area contributed by atoms with Gasteiger partial charge in [-0.05, 0) is 24.6 Å². The first-order chi connectivity index (χ1) is 7.81. The maximum Gasteiger partial charge on any atom is 0.0710 e. The van der Waals surface area contributed by atoms with Crippen molar-refractivity contribution in [2.24, 2.45) is 0 Å². The van der Waals surface area contributed by atoms with Crippen molar-refractivity contribution in [3.05, 3.63) is 34.5 Å². The van der Waals surface area contributed by atoms with Gasteiger partial charge in [0.05, 0.1) is 23.2 Å². The topological polar surface area (TPSA) is 48.0 Å². The lowest BCUT2D eigenvalue weighted by molar-refractivity contribution is 0.238. The summed E-state index contributed by atoms with van der Waals surface area (Å²) >= 11 is 6.15. The molecule has 0 saturated carbocycles. The SMILES string of the molecule is OCC1NCCc2c1[nH]c1c(Cl)cccc21. The van der Waals surface area contributed by atoms with Gasteiger partial charge in [0.2, 0.25) is 0 Å². The van der Waals surface area contributed by atoms with Crippen LogP contribution in [0.2, 0.25) is 5.02 Å². The molecule has 0 aliphatic carbocycles. The van der Waals surface area contributed by atoms with Crippen molar-refractivity contribution < 1.29 is 5.11 Å². The minimum atomic E-state index is 0.00668. The van der Waals surface area contributed by atoms with E-state index in [1.807, 2.05) is 12.1 Å². The Hall–Kier alpha value is -1.03. The molecule has 1 atom stereocenters. The number of H-pyrrole nitrogens is 1. The second kappa shape index (κ2) is 3.77. The van der Waals surface area contributed by atoms with Crippen molar-refractivity contribution in [1.29, 1.82) is 0 Å². The Bertz CT molecular complexity index is 535. The van der Waals surface area contributed by atoms with E-state index in [9.17, 15) is 5.11 Å². The number of halogens is 1. The molecule has 1 aliphatic heterocycles. The Morgan fingerprint density at radius 1 is 1.44 bits per heavy atom. The predicted molar refractivity (Wildman–Crippen MR) is 64.8 cm³/mol. The summed E-state index contributed by atoms with van der Waals surface area (Å²) in [6.45, 7) is 1.01. The standard InChI is InChI=1S/C12H13ClN2O/c13-9-3-1-2-7-8-4-5-14-10(6-16)12(8)15-11(7)9/h1-3,10,14-16H,4-6H2. The van der Waals surface area contributed by atoms with Crippen molar-refractivity contribution in [3.8, 4) is 0 Å². The van der Waals surface area contributed by atoms with Gasteiger partial charge in [0.25, 0.3) is 0 Å². The van der Waals surface area contributed by atoms with Crippen LogP contribution in [0.25, 0.3) is 10.9 Å². The highest BCUT2D eigenvalue weighted by molar-refractivity contribution is 6.35. The molecule has 0 bridgehead atoms. The molecule has 0 saturated heterocycles.